The van der Waals surface area contributed by atoms with Crippen LogP contribution in [0.1, 0.15) is 23.4 Å². The molecule has 0 saturated carbocycles. The lowest BCUT2D eigenvalue weighted by Crippen LogP contribution is -2.06. The third-order valence-corrected chi connectivity index (χ3v) is 2.65. The molecule has 1 aromatic rings. The summed E-state index contributed by atoms with van der Waals surface area (Å²) in [6, 6.07) is 4.36. The summed E-state index contributed by atoms with van der Waals surface area (Å²) >= 11 is 5.86. The molecule has 0 fully saturated rings. The first-order chi connectivity index (χ1) is 7.41. The van der Waals surface area contributed by atoms with E-state index in [-0.39, 0.29) is 11.5 Å². The molecule has 0 heterocycles. The van der Waals surface area contributed by atoms with Crippen molar-refractivity contribution in [3.05, 3.63) is 29.3 Å². The predicted octanol–water partition coefficient (Wildman–Crippen LogP) is 3.47. The predicted molar refractivity (Wildman–Crippen MR) is 57.1 cm³/mol. The Hall–Kier alpha value is -1.16. The molecule has 0 amide bonds. The second-order valence-corrected chi connectivity index (χ2v) is 3.81. The van der Waals surface area contributed by atoms with Crippen LogP contribution in [0.3, 0.4) is 0 Å². The van der Waals surface area contributed by atoms with Gasteiger partial charge in [0, 0.05) is 0 Å². The monoisotopic (exact) mass is 248 g/mol. The quantitative estimate of drug-likeness (QED) is 0.763. The largest absolute Gasteiger partial charge is 0.435 e. The number of hydrogen-bond donors (Lipinski definition) is 0. The Labute approximate surface area is 97.2 Å². The number of ether oxygens (including phenoxy) is 1. The maximum atomic E-state index is 12.0. The molecule has 5 heteroatoms. The second-order valence-electron chi connectivity index (χ2n) is 3.37. The van der Waals surface area contributed by atoms with Gasteiger partial charge in [-0.3, -0.25) is 4.79 Å². The Morgan fingerprint density at radius 3 is 2.56 bits per heavy atom. The highest BCUT2D eigenvalue weighted by molar-refractivity contribution is 6.30. The average molecular weight is 249 g/mol. The normalized spacial score (nSPS) is 12.6. The summed E-state index contributed by atoms with van der Waals surface area (Å²) in [5.41, 5.74) is 1.25. The van der Waals surface area contributed by atoms with Gasteiger partial charge in [-0.25, -0.2) is 0 Å². The zero-order valence-electron chi connectivity index (χ0n) is 8.84. The van der Waals surface area contributed by atoms with Crippen molar-refractivity contribution >= 4 is 17.4 Å². The summed E-state index contributed by atoms with van der Waals surface area (Å²) in [5, 5.41) is -0.832. The summed E-state index contributed by atoms with van der Waals surface area (Å²) in [5.74, 6) is -0.235. The molecule has 88 valence electrons. The van der Waals surface area contributed by atoms with Gasteiger partial charge in [-0.1, -0.05) is 6.07 Å². The lowest BCUT2D eigenvalue weighted by molar-refractivity contribution is -0.116. The summed E-state index contributed by atoms with van der Waals surface area (Å²) < 4.78 is 28.2. The highest BCUT2D eigenvalue weighted by Crippen LogP contribution is 2.28. The number of carbonyl (C=O) groups is 1. The fourth-order valence-corrected chi connectivity index (χ4v) is 1.52. The van der Waals surface area contributed by atoms with Gasteiger partial charge in [-0.15, -0.1) is 11.6 Å². The minimum atomic E-state index is -2.89. The molecule has 1 unspecified atom stereocenters. The fourth-order valence-electron chi connectivity index (χ4n) is 1.29. The number of carbonyl (C=O) groups excluding carboxylic acids is 1. The number of ketones is 1. The van der Waals surface area contributed by atoms with Gasteiger partial charge in [0.2, 0.25) is 0 Å². The van der Waals surface area contributed by atoms with Gasteiger partial charge in [-0.05, 0) is 37.1 Å². The van der Waals surface area contributed by atoms with E-state index in [4.69, 9.17) is 11.6 Å². The SMILES string of the molecule is CC(=O)C(Cl)c1cc(OC(F)F)ccc1C. The molecule has 2 nitrogen and oxygen atoms in total. The van der Waals surface area contributed by atoms with E-state index in [1.54, 1.807) is 13.0 Å². The minimum absolute atomic E-state index is 0.00231. The van der Waals surface area contributed by atoms with E-state index in [9.17, 15) is 13.6 Å². The molecule has 0 aliphatic carbocycles. The van der Waals surface area contributed by atoms with Crippen molar-refractivity contribution in [3.8, 4) is 5.75 Å². The number of rotatable bonds is 4. The molecule has 1 atom stereocenters. The van der Waals surface area contributed by atoms with Gasteiger partial charge in [0.05, 0.1) is 0 Å². The van der Waals surface area contributed by atoms with Crippen LogP contribution in [-0.2, 0) is 4.79 Å². The van der Waals surface area contributed by atoms with Crippen molar-refractivity contribution in [3.63, 3.8) is 0 Å². The second kappa shape index (κ2) is 5.25. The molecule has 0 aliphatic rings. The molecule has 0 N–H and O–H groups in total. The first-order valence-corrected chi connectivity index (χ1v) is 5.05. The Morgan fingerprint density at radius 1 is 1.44 bits per heavy atom. The lowest BCUT2D eigenvalue weighted by atomic mass is 10.0. The molecule has 0 spiro atoms. The van der Waals surface area contributed by atoms with Gasteiger partial charge in [0.15, 0.2) is 5.78 Å². The van der Waals surface area contributed by atoms with E-state index in [1.165, 1.54) is 19.1 Å². The smallest absolute Gasteiger partial charge is 0.387 e. The van der Waals surface area contributed by atoms with E-state index in [2.05, 4.69) is 4.74 Å². The van der Waals surface area contributed by atoms with E-state index in [0.29, 0.717) is 5.56 Å². The molecule has 1 rings (SSSR count). The van der Waals surface area contributed by atoms with Crippen molar-refractivity contribution in [1.29, 1.82) is 0 Å². The molecular formula is C11H11ClF2O2. The summed E-state index contributed by atoms with van der Waals surface area (Å²) in [6.07, 6.45) is 0. The van der Waals surface area contributed by atoms with E-state index >= 15 is 0 Å². The third-order valence-electron chi connectivity index (χ3n) is 2.11. The Kier molecular flexibility index (Phi) is 4.24. The Bertz CT molecular complexity index is 394. The van der Waals surface area contributed by atoms with E-state index in [0.717, 1.165) is 5.56 Å². The van der Waals surface area contributed by atoms with Gasteiger partial charge in [0.1, 0.15) is 11.1 Å². The fraction of sp³-hybridized carbons (Fsp3) is 0.364. The third kappa shape index (κ3) is 3.17. The van der Waals surface area contributed by atoms with Crippen LogP contribution in [0.4, 0.5) is 8.78 Å². The molecule has 0 bridgehead atoms. The van der Waals surface area contributed by atoms with Crippen LogP contribution < -0.4 is 4.74 Å². The average Bonchev–Trinajstić information content (AvgIpc) is 2.19. The van der Waals surface area contributed by atoms with Crippen LogP contribution in [0.25, 0.3) is 0 Å². The Morgan fingerprint density at radius 2 is 2.06 bits per heavy atom. The first kappa shape index (κ1) is 12.9. The molecule has 0 aromatic heterocycles. The van der Waals surface area contributed by atoms with Gasteiger partial charge < -0.3 is 4.74 Å². The highest BCUT2D eigenvalue weighted by atomic mass is 35.5. The summed E-state index contributed by atoms with van der Waals surface area (Å²) in [6.45, 7) is 0.207. The number of halogens is 3. The molecule has 16 heavy (non-hydrogen) atoms. The Balaban J connectivity index is 3.03. The van der Waals surface area contributed by atoms with E-state index in [1.807, 2.05) is 0 Å². The van der Waals surface area contributed by atoms with Crippen molar-refractivity contribution < 1.29 is 18.3 Å². The van der Waals surface area contributed by atoms with Crippen LogP contribution in [0, 0.1) is 6.92 Å². The van der Waals surface area contributed by atoms with Crippen molar-refractivity contribution in [2.24, 2.45) is 0 Å². The number of Topliss-reactive ketones (excluding diaryl/α,β-unsaturated/α-hetero) is 1. The van der Waals surface area contributed by atoms with Crippen molar-refractivity contribution in [2.75, 3.05) is 0 Å². The van der Waals surface area contributed by atoms with E-state index < -0.39 is 12.0 Å². The van der Waals surface area contributed by atoms with Crippen LogP contribution in [0.5, 0.6) is 5.75 Å². The van der Waals surface area contributed by atoms with Crippen LogP contribution >= 0.6 is 11.6 Å². The van der Waals surface area contributed by atoms with Gasteiger partial charge in [0.25, 0.3) is 0 Å². The van der Waals surface area contributed by atoms with Gasteiger partial charge in [-0.2, -0.15) is 8.78 Å². The van der Waals surface area contributed by atoms with Crippen molar-refractivity contribution in [1.82, 2.24) is 0 Å². The van der Waals surface area contributed by atoms with Crippen molar-refractivity contribution in [2.45, 2.75) is 25.8 Å². The summed E-state index contributed by atoms with van der Waals surface area (Å²) in [7, 11) is 0. The number of benzene rings is 1. The number of hydrogen-bond acceptors (Lipinski definition) is 2. The maximum Gasteiger partial charge on any atom is 0.387 e. The van der Waals surface area contributed by atoms with Crippen LogP contribution in [-0.4, -0.2) is 12.4 Å². The molecular weight excluding hydrogens is 238 g/mol. The standard InChI is InChI=1S/C11H11ClF2O2/c1-6-3-4-8(16-11(13)14)5-9(6)10(12)7(2)15/h3-5,10-11H,1-2H3. The zero-order valence-corrected chi connectivity index (χ0v) is 9.59. The zero-order chi connectivity index (χ0) is 12.3. The topological polar surface area (TPSA) is 26.3 Å². The van der Waals surface area contributed by atoms with Gasteiger partial charge >= 0.3 is 6.61 Å². The molecule has 0 radical (unpaired) electrons. The first-order valence-electron chi connectivity index (χ1n) is 4.61. The van der Waals surface area contributed by atoms with Crippen LogP contribution in [0.2, 0.25) is 0 Å². The number of alkyl halides is 3. The van der Waals surface area contributed by atoms with Crippen LogP contribution in [0.15, 0.2) is 18.2 Å². The molecule has 0 aliphatic heterocycles. The summed E-state index contributed by atoms with van der Waals surface area (Å²) in [4.78, 5) is 11.1. The lowest BCUT2D eigenvalue weighted by Gasteiger charge is -2.12. The highest BCUT2D eigenvalue weighted by Gasteiger charge is 2.17. The molecule has 0 saturated heterocycles. The minimum Gasteiger partial charge on any atom is -0.435 e. The number of aryl methyl sites for hydroxylation is 1. The molecule has 1 aromatic carbocycles. The maximum absolute atomic E-state index is 12.0.